The Hall–Kier alpha value is -1.99. The molecule has 1 amide bonds. The second kappa shape index (κ2) is 7.56. The van der Waals surface area contributed by atoms with Crippen LogP contribution in [0.15, 0.2) is 24.7 Å². The molecule has 2 N–H and O–H groups in total. The number of nitrogens with one attached hydrogen (secondary N) is 2. The van der Waals surface area contributed by atoms with E-state index in [-0.39, 0.29) is 6.29 Å². The number of nitrogens with zero attached hydrogens (tertiary/aromatic N) is 2. The molecule has 0 bridgehead atoms. The molecule has 7 nitrogen and oxygen atoms in total. The van der Waals surface area contributed by atoms with Gasteiger partial charge in [-0.05, 0) is 26.0 Å². The summed E-state index contributed by atoms with van der Waals surface area (Å²) in [6, 6.07) is 0. The first-order valence-corrected chi connectivity index (χ1v) is 6.57. The minimum Gasteiger partial charge on any atom is -0.350 e. The molecule has 2 rings (SSSR count). The summed E-state index contributed by atoms with van der Waals surface area (Å²) in [5, 5.41) is 2.86. The van der Waals surface area contributed by atoms with Crippen molar-refractivity contribution < 1.29 is 14.4 Å². The first-order valence-electron chi connectivity index (χ1n) is 6.57. The molecule has 0 spiro atoms. The summed E-state index contributed by atoms with van der Waals surface area (Å²) < 4.78 is 5.34. The summed E-state index contributed by atoms with van der Waals surface area (Å²) in [7, 11) is 0. The summed E-state index contributed by atoms with van der Waals surface area (Å²) >= 11 is 0. The van der Waals surface area contributed by atoms with E-state index in [4.69, 9.17) is 9.57 Å². The highest BCUT2D eigenvalue weighted by Gasteiger charge is 2.16. The molecule has 1 atom stereocenters. The van der Waals surface area contributed by atoms with Crippen LogP contribution in [0.4, 0.5) is 5.95 Å². The lowest BCUT2D eigenvalue weighted by atomic mass is 10.2. The van der Waals surface area contributed by atoms with Crippen molar-refractivity contribution in [3.63, 3.8) is 0 Å². The van der Waals surface area contributed by atoms with Crippen molar-refractivity contribution in [2.75, 3.05) is 11.9 Å². The number of hydroxylamine groups is 1. The van der Waals surface area contributed by atoms with Crippen molar-refractivity contribution in [2.24, 2.45) is 0 Å². The quantitative estimate of drug-likeness (QED) is 0.796. The zero-order valence-corrected chi connectivity index (χ0v) is 11.3. The third-order valence-electron chi connectivity index (χ3n) is 2.71. The number of rotatable bonds is 5. The number of hydrogen-bond donors (Lipinski definition) is 2. The minimum atomic E-state index is -0.392. The SMILES string of the molecule is CC=CNc1ncc(C(=O)NOC2CCCCO2)cn1. The van der Waals surface area contributed by atoms with E-state index in [9.17, 15) is 4.79 Å². The standard InChI is InChI=1S/C13H18N4O3/c1-2-6-14-13-15-8-10(9-16-13)12(18)17-20-11-5-3-4-7-19-11/h2,6,8-9,11H,3-5,7H2,1H3,(H,17,18)(H,14,15,16). The van der Waals surface area contributed by atoms with E-state index < -0.39 is 5.91 Å². The van der Waals surface area contributed by atoms with Gasteiger partial charge in [0.25, 0.3) is 5.91 Å². The minimum absolute atomic E-state index is 0.326. The van der Waals surface area contributed by atoms with Gasteiger partial charge in [0.05, 0.1) is 5.56 Å². The fraction of sp³-hybridized carbons (Fsp3) is 0.462. The van der Waals surface area contributed by atoms with Crippen LogP contribution in [0.1, 0.15) is 36.5 Å². The second-order valence-electron chi connectivity index (χ2n) is 4.28. The van der Waals surface area contributed by atoms with Crippen LogP contribution in [0, 0.1) is 0 Å². The van der Waals surface area contributed by atoms with Gasteiger partial charge in [-0.25, -0.2) is 20.3 Å². The van der Waals surface area contributed by atoms with Crippen molar-refractivity contribution in [1.29, 1.82) is 0 Å². The molecule has 1 saturated heterocycles. The second-order valence-corrected chi connectivity index (χ2v) is 4.28. The molecule has 2 heterocycles. The molecule has 0 aromatic carbocycles. The van der Waals surface area contributed by atoms with Crippen LogP contribution in [0.25, 0.3) is 0 Å². The normalized spacial score (nSPS) is 18.9. The van der Waals surface area contributed by atoms with Gasteiger partial charge in [-0.2, -0.15) is 0 Å². The van der Waals surface area contributed by atoms with Gasteiger partial charge in [0.1, 0.15) is 0 Å². The summed E-state index contributed by atoms with van der Waals surface area (Å²) in [6.45, 7) is 2.54. The first-order chi connectivity index (χ1) is 9.79. The van der Waals surface area contributed by atoms with E-state index in [1.807, 2.05) is 13.0 Å². The Morgan fingerprint density at radius 2 is 2.25 bits per heavy atom. The monoisotopic (exact) mass is 278 g/mol. The van der Waals surface area contributed by atoms with Crippen LogP contribution in [0.3, 0.4) is 0 Å². The number of aromatic nitrogens is 2. The van der Waals surface area contributed by atoms with Crippen molar-refractivity contribution in [3.05, 3.63) is 30.2 Å². The molecule has 1 aliphatic heterocycles. The van der Waals surface area contributed by atoms with Gasteiger partial charge in [-0.15, -0.1) is 0 Å². The van der Waals surface area contributed by atoms with Crippen LogP contribution < -0.4 is 10.8 Å². The number of anilines is 1. The number of carbonyl (C=O) groups excluding carboxylic acids is 1. The molecule has 0 saturated carbocycles. The predicted molar refractivity (Wildman–Crippen MR) is 72.6 cm³/mol. The van der Waals surface area contributed by atoms with Gasteiger partial charge in [0, 0.05) is 25.4 Å². The highest BCUT2D eigenvalue weighted by Crippen LogP contribution is 2.12. The van der Waals surface area contributed by atoms with E-state index >= 15 is 0 Å². The summed E-state index contributed by atoms with van der Waals surface area (Å²) in [4.78, 5) is 25.0. The van der Waals surface area contributed by atoms with Crippen LogP contribution >= 0.6 is 0 Å². The Morgan fingerprint density at radius 3 is 2.90 bits per heavy atom. The summed E-state index contributed by atoms with van der Waals surface area (Å²) in [5.41, 5.74) is 2.68. The van der Waals surface area contributed by atoms with Gasteiger partial charge < -0.3 is 10.1 Å². The smallest absolute Gasteiger partial charge is 0.278 e. The highest BCUT2D eigenvalue weighted by atomic mass is 16.8. The van der Waals surface area contributed by atoms with Crippen molar-refractivity contribution in [3.8, 4) is 0 Å². The number of amides is 1. The molecular formula is C13H18N4O3. The Balaban J connectivity index is 1.82. The number of ether oxygens (including phenoxy) is 1. The first kappa shape index (κ1) is 14.4. The fourth-order valence-electron chi connectivity index (χ4n) is 1.66. The third kappa shape index (κ3) is 4.29. The van der Waals surface area contributed by atoms with Crippen molar-refractivity contribution in [2.45, 2.75) is 32.5 Å². The van der Waals surface area contributed by atoms with Crippen molar-refractivity contribution in [1.82, 2.24) is 15.4 Å². The molecular weight excluding hydrogens is 260 g/mol. The Bertz CT molecular complexity index is 455. The molecule has 1 unspecified atom stereocenters. The molecule has 7 heteroatoms. The molecule has 108 valence electrons. The van der Waals surface area contributed by atoms with Gasteiger partial charge in [-0.1, -0.05) is 6.08 Å². The molecule has 0 radical (unpaired) electrons. The Kier molecular flexibility index (Phi) is 5.45. The van der Waals surface area contributed by atoms with E-state index in [2.05, 4.69) is 20.8 Å². The van der Waals surface area contributed by atoms with E-state index in [0.717, 1.165) is 19.3 Å². The molecule has 20 heavy (non-hydrogen) atoms. The number of carbonyl (C=O) groups is 1. The van der Waals surface area contributed by atoms with Crippen LogP contribution in [0.5, 0.6) is 0 Å². The largest absolute Gasteiger partial charge is 0.350 e. The summed E-state index contributed by atoms with van der Waals surface area (Å²) in [5.74, 6) is 0.0351. The van der Waals surface area contributed by atoms with Gasteiger partial charge >= 0.3 is 0 Å². The van der Waals surface area contributed by atoms with Crippen LogP contribution in [-0.4, -0.2) is 28.8 Å². The molecule has 1 aliphatic rings. The lowest BCUT2D eigenvalue weighted by Crippen LogP contribution is -2.33. The average molecular weight is 278 g/mol. The number of allylic oxidation sites excluding steroid dienone is 1. The fourth-order valence-corrected chi connectivity index (χ4v) is 1.66. The lowest BCUT2D eigenvalue weighted by molar-refractivity contribution is -0.186. The Labute approximate surface area is 117 Å². The maximum atomic E-state index is 11.8. The zero-order valence-electron chi connectivity index (χ0n) is 11.3. The van der Waals surface area contributed by atoms with Gasteiger partial charge in [0.2, 0.25) is 5.95 Å². The third-order valence-corrected chi connectivity index (χ3v) is 2.71. The summed E-state index contributed by atoms with van der Waals surface area (Å²) in [6.07, 6.45) is 8.86. The van der Waals surface area contributed by atoms with Crippen molar-refractivity contribution >= 4 is 11.9 Å². The maximum absolute atomic E-state index is 11.8. The molecule has 0 aliphatic carbocycles. The van der Waals surface area contributed by atoms with Gasteiger partial charge in [0.15, 0.2) is 6.29 Å². The van der Waals surface area contributed by atoms with E-state index in [1.54, 1.807) is 6.20 Å². The number of hydrogen-bond acceptors (Lipinski definition) is 6. The molecule has 1 aromatic heterocycles. The van der Waals surface area contributed by atoms with E-state index in [0.29, 0.717) is 18.1 Å². The highest BCUT2D eigenvalue weighted by molar-refractivity contribution is 5.92. The average Bonchev–Trinajstić information content (AvgIpc) is 2.52. The maximum Gasteiger partial charge on any atom is 0.278 e. The topological polar surface area (TPSA) is 85.4 Å². The van der Waals surface area contributed by atoms with Crippen LogP contribution in [-0.2, 0) is 9.57 Å². The lowest BCUT2D eigenvalue weighted by Gasteiger charge is -2.21. The molecule has 1 aromatic rings. The predicted octanol–water partition coefficient (Wildman–Crippen LogP) is 1.61. The Morgan fingerprint density at radius 1 is 1.45 bits per heavy atom. The zero-order chi connectivity index (χ0) is 14.2. The van der Waals surface area contributed by atoms with Crippen LogP contribution in [0.2, 0.25) is 0 Å². The van der Waals surface area contributed by atoms with Gasteiger partial charge in [-0.3, -0.25) is 4.79 Å². The molecule has 1 fully saturated rings. The van der Waals surface area contributed by atoms with E-state index in [1.165, 1.54) is 12.4 Å².